The van der Waals surface area contributed by atoms with Crippen molar-refractivity contribution < 1.29 is 22.3 Å². The summed E-state index contributed by atoms with van der Waals surface area (Å²) in [6.45, 7) is -0.967. The van der Waals surface area contributed by atoms with Gasteiger partial charge >= 0.3 is 12.3 Å². The van der Waals surface area contributed by atoms with Gasteiger partial charge in [0.2, 0.25) is 0 Å². The standard InChI is InChI=1S/C8H13F4NO/c1-14-6-2-5(3-6)13-4-8(11,12)7(9)10/h5-7,13H,2-4H2,1H3. The minimum atomic E-state index is -3.93. The molecule has 14 heavy (non-hydrogen) atoms. The van der Waals surface area contributed by atoms with Crippen molar-refractivity contribution in [1.29, 1.82) is 0 Å². The second-order valence-corrected chi connectivity index (χ2v) is 3.47. The van der Waals surface area contributed by atoms with Crippen molar-refractivity contribution in [3.8, 4) is 0 Å². The van der Waals surface area contributed by atoms with E-state index in [1.807, 2.05) is 0 Å². The first-order chi connectivity index (χ1) is 6.45. The minimum absolute atomic E-state index is 0.0765. The largest absolute Gasteiger partial charge is 0.381 e. The van der Waals surface area contributed by atoms with E-state index in [1.54, 1.807) is 0 Å². The smallest absolute Gasteiger partial charge is 0.319 e. The third-order valence-corrected chi connectivity index (χ3v) is 2.37. The molecule has 1 saturated carbocycles. The van der Waals surface area contributed by atoms with E-state index in [0.717, 1.165) is 0 Å². The number of methoxy groups -OCH3 is 1. The lowest BCUT2D eigenvalue weighted by Crippen LogP contribution is -2.50. The van der Waals surface area contributed by atoms with E-state index in [4.69, 9.17) is 4.74 Å². The first-order valence-electron chi connectivity index (χ1n) is 4.38. The van der Waals surface area contributed by atoms with E-state index in [-0.39, 0.29) is 12.1 Å². The molecule has 84 valence electrons. The number of halogens is 4. The number of ether oxygens (including phenoxy) is 1. The first-order valence-corrected chi connectivity index (χ1v) is 4.38. The van der Waals surface area contributed by atoms with Crippen molar-refractivity contribution in [3.63, 3.8) is 0 Å². The fourth-order valence-corrected chi connectivity index (χ4v) is 1.28. The van der Waals surface area contributed by atoms with Crippen LogP contribution in [0.15, 0.2) is 0 Å². The van der Waals surface area contributed by atoms with Crippen LogP contribution in [0.1, 0.15) is 12.8 Å². The molecule has 0 aromatic carbocycles. The maximum Gasteiger partial charge on any atom is 0.319 e. The SMILES string of the molecule is COC1CC(NCC(F)(F)C(F)F)C1. The molecule has 1 fully saturated rings. The van der Waals surface area contributed by atoms with Crippen LogP contribution in [0.5, 0.6) is 0 Å². The highest BCUT2D eigenvalue weighted by Crippen LogP contribution is 2.26. The molecule has 1 N–H and O–H groups in total. The highest BCUT2D eigenvalue weighted by atomic mass is 19.3. The fraction of sp³-hybridized carbons (Fsp3) is 1.00. The van der Waals surface area contributed by atoms with Gasteiger partial charge in [0.05, 0.1) is 12.6 Å². The molecule has 6 heteroatoms. The van der Waals surface area contributed by atoms with Crippen molar-refractivity contribution in [1.82, 2.24) is 5.32 Å². The highest BCUT2D eigenvalue weighted by Gasteiger charge is 2.41. The first kappa shape index (κ1) is 11.7. The van der Waals surface area contributed by atoms with Crippen LogP contribution in [-0.2, 0) is 4.74 Å². The molecule has 0 saturated heterocycles. The van der Waals surface area contributed by atoms with Crippen molar-refractivity contribution in [2.24, 2.45) is 0 Å². The van der Waals surface area contributed by atoms with Gasteiger partial charge in [-0.2, -0.15) is 8.78 Å². The molecule has 0 bridgehead atoms. The zero-order valence-electron chi connectivity index (χ0n) is 7.77. The van der Waals surface area contributed by atoms with E-state index >= 15 is 0 Å². The number of alkyl halides is 4. The summed E-state index contributed by atoms with van der Waals surface area (Å²) >= 11 is 0. The molecule has 0 atom stereocenters. The summed E-state index contributed by atoms with van der Waals surface area (Å²) in [6, 6.07) is -0.121. The van der Waals surface area contributed by atoms with Crippen LogP contribution in [0.2, 0.25) is 0 Å². The lowest BCUT2D eigenvalue weighted by Gasteiger charge is -2.35. The maximum absolute atomic E-state index is 12.4. The zero-order valence-corrected chi connectivity index (χ0v) is 7.77. The molecule has 1 rings (SSSR count). The summed E-state index contributed by atoms with van der Waals surface area (Å²) in [5.41, 5.74) is 0. The Morgan fingerprint density at radius 1 is 1.43 bits per heavy atom. The Labute approximate surface area is 79.6 Å². The van der Waals surface area contributed by atoms with Crippen molar-refractivity contribution in [2.75, 3.05) is 13.7 Å². The van der Waals surface area contributed by atoms with Gasteiger partial charge in [-0.3, -0.25) is 0 Å². The van der Waals surface area contributed by atoms with Gasteiger partial charge in [0.1, 0.15) is 0 Å². The fourth-order valence-electron chi connectivity index (χ4n) is 1.28. The molecule has 0 unspecified atom stereocenters. The molecule has 0 spiro atoms. The van der Waals surface area contributed by atoms with E-state index in [9.17, 15) is 17.6 Å². The van der Waals surface area contributed by atoms with Gasteiger partial charge in [-0.1, -0.05) is 0 Å². The Kier molecular flexibility index (Phi) is 3.71. The van der Waals surface area contributed by atoms with Crippen LogP contribution in [0.3, 0.4) is 0 Å². The number of hydrogen-bond acceptors (Lipinski definition) is 2. The van der Waals surface area contributed by atoms with Gasteiger partial charge in [-0.15, -0.1) is 0 Å². The zero-order chi connectivity index (χ0) is 10.8. The summed E-state index contributed by atoms with van der Waals surface area (Å²) in [4.78, 5) is 0. The Bertz CT molecular complexity index is 182. The van der Waals surface area contributed by atoms with Crippen LogP contribution in [-0.4, -0.2) is 38.1 Å². The highest BCUT2D eigenvalue weighted by molar-refractivity contribution is 4.87. The average molecular weight is 215 g/mol. The molecule has 0 radical (unpaired) electrons. The van der Waals surface area contributed by atoms with Gasteiger partial charge in [-0.05, 0) is 12.8 Å². The average Bonchev–Trinajstić information content (AvgIpc) is 2.01. The lowest BCUT2D eigenvalue weighted by molar-refractivity contribution is -0.128. The van der Waals surface area contributed by atoms with E-state index in [0.29, 0.717) is 12.8 Å². The number of rotatable bonds is 5. The van der Waals surface area contributed by atoms with Crippen molar-refractivity contribution in [3.05, 3.63) is 0 Å². The normalized spacial score (nSPS) is 27.9. The molecule has 1 aliphatic rings. The quantitative estimate of drug-likeness (QED) is 0.704. The summed E-state index contributed by atoms with van der Waals surface area (Å²) < 4.78 is 53.2. The van der Waals surface area contributed by atoms with Gasteiger partial charge < -0.3 is 10.1 Å². The summed E-state index contributed by atoms with van der Waals surface area (Å²) in [5, 5.41) is 2.40. The molecule has 0 aromatic heterocycles. The van der Waals surface area contributed by atoms with Crippen molar-refractivity contribution in [2.45, 2.75) is 37.3 Å². The Balaban J connectivity index is 2.16. The minimum Gasteiger partial charge on any atom is -0.381 e. The van der Waals surface area contributed by atoms with Crippen LogP contribution in [0.25, 0.3) is 0 Å². The van der Waals surface area contributed by atoms with Gasteiger partial charge in [0.25, 0.3) is 0 Å². The molecule has 0 amide bonds. The molecule has 0 aliphatic heterocycles. The van der Waals surface area contributed by atoms with Crippen molar-refractivity contribution >= 4 is 0 Å². The Hall–Kier alpha value is -0.360. The molecule has 0 heterocycles. The van der Waals surface area contributed by atoms with E-state index in [2.05, 4.69) is 5.32 Å². The monoisotopic (exact) mass is 215 g/mol. The molecular formula is C8H13F4NO. The van der Waals surface area contributed by atoms with Crippen LogP contribution >= 0.6 is 0 Å². The summed E-state index contributed by atoms with van der Waals surface area (Å²) in [7, 11) is 1.54. The van der Waals surface area contributed by atoms with E-state index in [1.165, 1.54) is 7.11 Å². The topological polar surface area (TPSA) is 21.3 Å². The third kappa shape index (κ3) is 2.81. The second-order valence-electron chi connectivity index (χ2n) is 3.47. The summed E-state index contributed by atoms with van der Waals surface area (Å²) in [6.07, 6.45) is -2.31. The molecule has 2 nitrogen and oxygen atoms in total. The molecule has 1 aliphatic carbocycles. The Morgan fingerprint density at radius 2 is 2.00 bits per heavy atom. The van der Waals surface area contributed by atoms with E-state index < -0.39 is 18.9 Å². The second kappa shape index (κ2) is 4.44. The Morgan fingerprint density at radius 3 is 2.43 bits per heavy atom. The van der Waals surface area contributed by atoms with Crippen LogP contribution in [0, 0.1) is 0 Å². The van der Waals surface area contributed by atoms with Gasteiger partial charge in [0, 0.05) is 13.2 Å². The molecule has 0 aromatic rings. The predicted molar refractivity (Wildman–Crippen MR) is 42.8 cm³/mol. The van der Waals surface area contributed by atoms with Crippen LogP contribution < -0.4 is 5.32 Å². The van der Waals surface area contributed by atoms with Crippen LogP contribution in [0.4, 0.5) is 17.6 Å². The van der Waals surface area contributed by atoms with Gasteiger partial charge in [-0.25, -0.2) is 8.78 Å². The third-order valence-electron chi connectivity index (χ3n) is 2.37. The molecular weight excluding hydrogens is 202 g/mol. The lowest BCUT2D eigenvalue weighted by atomic mass is 9.89. The predicted octanol–water partition coefficient (Wildman–Crippen LogP) is 1.65. The maximum atomic E-state index is 12.4. The summed E-state index contributed by atoms with van der Waals surface area (Å²) in [5.74, 6) is -3.93. The van der Waals surface area contributed by atoms with Gasteiger partial charge in [0.15, 0.2) is 0 Å². The number of nitrogens with one attached hydrogen (secondary N) is 1. The number of hydrogen-bond donors (Lipinski definition) is 1.